The molecule has 2 aliphatic rings. The van der Waals surface area contributed by atoms with Gasteiger partial charge in [-0.1, -0.05) is 12.1 Å². The standard InChI is InChI=1S/C32H33FN6O4/c1-20-17-37(21(2)31-35-27-9-8-23(32(40)41)15-28(27)39(31)18-25-10-13-42-25)11-12-38(20)29-4-3-5-30(36-29)43-19-24-7-6-22(16-34)14-26(24)33/h3-9,14-15,20-21,25H,10-13,17-19H2,1-2H3,(H,40,41)/t20-,21-,25-/m0/s1. The number of nitriles is 1. The van der Waals surface area contributed by atoms with Crippen molar-refractivity contribution in [2.45, 2.75) is 51.6 Å². The van der Waals surface area contributed by atoms with E-state index in [1.165, 1.54) is 6.07 Å². The molecule has 3 atom stereocenters. The number of imidazole rings is 1. The van der Waals surface area contributed by atoms with E-state index >= 15 is 0 Å². The largest absolute Gasteiger partial charge is 0.478 e. The number of aromatic carboxylic acids is 1. The fraction of sp³-hybridized carbons (Fsp3) is 0.375. The summed E-state index contributed by atoms with van der Waals surface area (Å²) in [5.41, 5.74) is 2.45. The summed E-state index contributed by atoms with van der Waals surface area (Å²) in [6.45, 7) is 7.98. The minimum absolute atomic E-state index is 0.00435. The topological polar surface area (TPSA) is 117 Å². The van der Waals surface area contributed by atoms with Crippen LogP contribution in [0.1, 0.15) is 53.6 Å². The first-order valence-electron chi connectivity index (χ1n) is 14.4. The number of carboxylic acid groups (broad SMARTS) is 1. The number of anilines is 1. The van der Waals surface area contributed by atoms with Crippen molar-refractivity contribution in [1.82, 2.24) is 19.4 Å². The van der Waals surface area contributed by atoms with E-state index in [2.05, 4.69) is 28.2 Å². The number of ether oxygens (including phenoxy) is 2. The number of carboxylic acids is 1. The number of carbonyl (C=O) groups is 1. The fourth-order valence-electron chi connectivity index (χ4n) is 5.79. The predicted octanol–water partition coefficient (Wildman–Crippen LogP) is 4.78. The Morgan fingerprint density at radius 3 is 2.74 bits per heavy atom. The first-order valence-corrected chi connectivity index (χ1v) is 14.4. The van der Waals surface area contributed by atoms with Gasteiger partial charge in [-0.25, -0.2) is 14.2 Å². The summed E-state index contributed by atoms with van der Waals surface area (Å²) in [6, 6.07) is 17.1. The van der Waals surface area contributed by atoms with Gasteiger partial charge in [-0.15, -0.1) is 0 Å². The first kappa shape index (κ1) is 28.6. The number of aromatic nitrogens is 3. The molecule has 0 amide bonds. The van der Waals surface area contributed by atoms with E-state index in [-0.39, 0.29) is 35.9 Å². The van der Waals surface area contributed by atoms with Crippen molar-refractivity contribution in [2.75, 3.05) is 31.1 Å². The maximum Gasteiger partial charge on any atom is 0.335 e. The molecule has 0 saturated carbocycles. The van der Waals surface area contributed by atoms with Crippen LogP contribution in [0.15, 0.2) is 54.6 Å². The third-order valence-electron chi connectivity index (χ3n) is 8.35. The highest BCUT2D eigenvalue weighted by Gasteiger charge is 2.32. The molecule has 11 heteroatoms. The number of piperazine rings is 1. The average Bonchev–Trinajstić information content (AvgIpc) is 3.35. The summed E-state index contributed by atoms with van der Waals surface area (Å²) in [7, 11) is 0. The van der Waals surface area contributed by atoms with E-state index in [0.717, 1.165) is 55.3 Å². The number of halogens is 1. The summed E-state index contributed by atoms with van der Waals surface area (Å²) >= 11 is 0. The molecular formula is C32H33FN6O4. The second-order valence-corrected chi connectivity index (χ2v) is 11.1. The molecule has 43 heavy (non-hydrogen) atoms. The molecule has 0 spiro atoms. The number of nitrogens with zero attached hydrogens (tertiary/aromatic N) is 6. The normalized spacial score (nSPS) is 19.5. The Morgan fingerprint density at radius 1 is 1.21 bits per heavy atom. The van der Waals surface area contributed by atoms with Crippen molar-refractivity contribution < 1.29 is 23.8 Å². The number of fused-ring (bicyclic) bond motifs is 1. The van der Waals surface area contributed by atoms with Crippen molar-refractivity contribution >= 4 is 22.8 Å². The molecule has 0 radical (unpaired) electrons. The lowest BCUT2D eigenvalue weighted by molar-refractivity contribution is -0.0594. The van der Waals surface area contributed by atoms with Gasteiger partial charge in [-0.2, -0.15) is 10.2 Å². The molecule has 222 valence electrons. The molecular weight excluding hydrogens is 551 g/mol. The van der Waals surface area contributed by atoms with Crippen LogP contribution in [0.4, 0.5) is 10.2 Å². The van der Waals surface area contributed by atoms with E-state index in [0.29, 0.717) is 18.0 Å². The maximum atomic E-state index is 14.3. The second kappa shape index (κ2) is 12.0. The molecule has 0 bridgehead atoms. The summed E-state index contributed by atoms with van der Waals surface area (Å²) in [5.74, 6) is 0.645. The van der Waals surface area contributed by atoms with Gasteiger partial charge in [0.2, 0.25) is 5.88 Å². The molecule has 2 fully saturated rings. The summed E-state index contributed by atoms with van der Waals surface area (Å²) in [4.78, 5) is 26.0. The average molecular weight is 585 g/mol. The lowest BCUT2D eigenvalue weighted by Crippen LogP contribution is -2.53. The third kappa shape index (κ3) is 5.89. The van der Waals surface area contributed by atoms with Gasteiger partial charge in [0.05, 0.1) is 46.9 Å². The molecule has 2 aromatic heterocycles. The van der Waals surface area contributed by atoms with Crippen LogP contribution in [-0.2, 0) is 17.9 Å². The Labute approximate surface area is 248 Å². The van der Waals surface area contributed by atoms with E-state index < -0.39 is 11.8 Å². The lowest BCUT2D eigenvalue weighted by Gasteiger charge is -2.43. The Bertz CT molecular complexity index is 1700. The first-order chi connectivity index (χ1) is 20.8. The van der Waals surface area contributed by atoms with Gasteiger partial charge >= 0.3 is 5.97 Å². The summed E-state index contributed by atoms with van der Waals surface area (Å²) < 4.78 is 28.0. The number of pyridine rings is 1. The Kier molecular flexibility index (Phi) is 7.97. The zero-order valence-electron chi connectivity index (χ0n) is 24.1. The molecule has 4 heterocycles. The maximum absolute atomic E-state index is 14.3. The smallest absolute Gasteiger partial charge is 0.335 e. The van der Waals surface area contributed by atoms with E-state index in [4.69, 9.17) is 24.7 Å². The number of hydrogen-bond donors (Lipinski definition) is 1. The Hall–Kier alpha value is -4.53. The Morgan fingerprint density at radius 2 is 2.05 bits per heavy atom. The van der Waals surface area contributed by atoms with Gasteiger partial charge in [0.15, 0.2) is 0 Å². The van der Waals surface area contributed by atoms with Gasteiger partial charge in [0.1, 0.15) is 24.1 Å². The predicted molar refractivity (Wildman–Crippen MR) is 158 cm³/mol. The molecule has 6 rings (SSSR count). The third-order valence-corrected chi connectivity index (χ3v) is 8.35. The lowest BCUT2D eigenvalue weighted by atomic mass is 10.1. The molecule has 2 aromatic carbocycles. The monoisotopic (exact) mass is 584 g/mol. The van der Waals surface area contributed by atoms with Crippen LogP contribution in [0.5, 0.6) is 5.88 Å². The fourth-order valence-corrected chi connectivity index (χ4v) is 5.79. The van der Waals surface area contributed by atoms with Crippen LogP contribution < -0.4 is 9.64 Å². The molecule has 0 unspecified atom stereocenters. The SMILES string of the molecule is C[C@@H](c1nc2ccc(C(=O)O)cc2n1C[C@@H]1CCO1)N1CCN(c2cccc(OCc3ccc(C#N)cc3F)n2)[C@@H](C)C1. The molecule has 0 aliphatic carbocycles. The van der Waals surface area contributed by atoms with E-state index in [1.54, 1.807) is 36.4 Å². The molecule has 4 aromatic rings. The van der Waals surface area contributed by atoms with Crippen LogP contribution in [0, 0.1) is 17.1 Å². The highest BCUT2D eigenvalue weighted by Crippen LogP contribution is 2.30. The van der Waals surface area contributed by atoms with Gasteiger partial charge < -0.3 is 24.0 Å². The van der Waals surface area contributed by atoms with Crippen molar-refractivity contribution in [3.8, 4) is 11.9 Å². The molecule has 2 saturated heterocycles. The van der Waals surface area contributed by atoms with Crippen LogP contribution in [0.3, 0.4) is 0 Å². The summed E-state index contributed by atoms with van der Waals surface area (Å²) in [5, 5.41) is 18.5. The number of rotatable bonds is 9. The van der Waals surface area contributed by atoms with Crippen LogP contribution in [0.25, 0.3) is 11.0 Å². The molecule has 10 nitrogen and oxygen atoms in total. The van der Waals surface area contributed by atoms with Crippen molar-refractivity contribution in [3.63, 3.8) is 0 Å². The minimum atomic E-state index is -0.960. The molecule has 1 N–H and O–H groups in total. The number of benzene rings is 2. The van der Waals surface area contributed by atoms with Gasteiger partial charge in [-0.3, -0.25) is 4.90 Å². The van der Waals surface area contributed by atoms with E-state index in [9.17, 15) is 14.3 Å². The van der Waals surface area contributed by atoms with Crippen molar-refractivity contribution in [1.29, 1.82) is 5.26 Å². The second-order valence-electron chi connectivity index (χ2n) is 11.1. The van der Waals surface area contributed by atoms with Gasteiger partial charge in [0.25, 0.3) is 0 Å². The highest BCUT2D eigenvalue weighted by atomic mass is 19.1. The van der Waals surface area contributed by atoms with Crippen molar-refractivity contribution in [2.24, 2.45) is 0 Å². The number of hydrogen-bond acceptors (Lipinski definition) is 8. The molecule has 2 aliphatic heterocycles. The summed E-state index contributed by atoms with van der Waals surface area (Å²) in [6.07, 6.45) is 1.07. The van der Waals surface area contributed by atoms with Crippen LogP contribution in [0.2, 0.25) is 0 Å². The van der Waals surface area contributed by atoms with Crippen molar-refractivity contribution in [3.05, 3.63) is 82.9 Å². The Balaban J connectivity index is 1.16. The zero-order chi connectivity index (χ0) is 30.1. The van der Waals surface area contributed by atoms with Gasteiger partial charge in [-0.05, 0) is 56.7 Å². The van der Waals surface area contributed by atoms with Gasteiger partial charge in [0, 0.05) is 43.9 Å². The zero-order valence-corrected chi connectivity index (χ0v) is 24.1. The van der Waals surface area contributed by atoms with Crippen LogP contribution in [-0.4, -0.2) is 68.9 Å². The quantitative estimate of drug-likeness (QED) is 0.297. The highest BCUT2D eigenvalue weighted by molar-refractivity contribution is 5.92. The minimum Gasteiger partial charge on any atom is -0.478 e. The van der Waals surface area contributed by atoms with E-state index in [1.807, 2.05) is 18.2 Å². The van der Waals surface area contributed by atoms with Crippen LogP contribution >= 0.6 is 0 Å².